The number of aryl methyl sites for hydroxylation is 1. The van der Waals surface area contributed by atoms with E-state index in [-0.39, 0.29) is 5.91 Å². The van der Waals surface area contributed by atoms with Crippen molar-refractivity contribution in [3.63, 3.8) is 0 Å². The van der Waals surface area contributed by atoms with E-state index in [1.807, 2.05) is 89.4 Å². The molecule has 1 fully saturated rings. The van der Waals surface area contributed by atoms with Crippen LogP contribution in [0, 0.1) is 0 Å². The Bertz CT molecular complexity index is 1300. The summed E-state index contributed by atoms with van der Waals surface area (Å²) in [6.45, 7) is 2.71. The Balaban J connectivity index is 1.44. The normalized spacial score (nSPS) is 14.0. The first kappa shape index (κ1) is 21.6. The number of amides is 1. The van der Waals surface area contributed by atoms with Gasteiger partial charge in [-0.05, 0) is 54.6 Å². The number of halogens is 2. The quantitative estimate of drug-likeness (QED) is 0.406. The smallest absolute Gasteiger partial charge is 0.272 e. The molecule has 4 aromatic rings. The van der Waals surface area contributed by atoms with Gasteiger partial charge in [0.05, 0.1) is 11.4 Å². The molecule has 0 spiro atoms. The van der Waals surface area contributed by atoms with E-state index in [0.717, 1.165) is 35.9 Å². The van der Waals surface area contributed by atoms with Crippen molar-refractivity contribution in [2.24, 2.45) is 7.05 Å². The summed E-state index contributed by atoms with van der Waals surface area (Å²) in [6, 6.07) is 21.0. The molecule has 3 heterocycles. The molecule has 0 radical (unpaired) electrons. The predicted molar refractivity (Wildman–Crippen MR) is 133 cm³/mol. The second-order valence-electron chi connectivity index (χ2n) is 8.07. The highest BCUT2D eigenvalue weighted by molar-refractivity contribution is 6.31. The van der Waals surface area contributed by atoms with Gasteiger partial charge in [0.1, 0.15) is 11.4 Å². The number of nitrogens with zero attached hydrogens (tertiary/aromatic N) is 5. The molecule has 0 saturated carbocycles. The number of benzene rings is 2. The van der Waals surface area contributed by atoms with Crippen LogP contribution in [0.5, 0.6) is 0 Å². The highest BCUT2D eigenvalue weighted by Crippen LogP contribution is 2.26. The summed E-state index contributed by atoms with van der Waals surface area (Å²) in [5.41, 5.74) is 4.03. The molecule has 8 heteroatoms. The van der Waals surface area contributed by atoms with Crippen molar-refractivity contribution in [2.75, 3.05) is 31.1 Å². The maximum atomic E-state index is 13.6. The average molecular weight is 480 g/mol. The van der Waals surface area contributed by atoms with Crippen molar-refractivity contribution in [2.45, 2.75) is 0 Å². The lowest BCUT2D eigenvalue weighted by Crippen LogP contribution is -2.49. The third-order valence-corrected chi connectivity index (χ3v) is 6.40. The molecule has 0 bridgehead atoms. The highest BCUT2D eigenvalue weighted by Gasteiger charge is 2.27. The van der Waals surface area contributed by atoms with E-state index >= 15 is 0 Å². The molecular formula is C25H23Cl2N5O. The first-order valence-corrected chi connectivity index (χ1v) is 11.5. The fourth-order valence-electron chi connectivity index (χ4n) is 4.19. The second kappa shape index (κ2) is 8.96. The van der Waals surface area contributed by atoms with Crippen molar-refractivity contribution in [3.05, 3.63) is 88.7 Å². The summed E-state index contributed by atoms with van der Waals surface area (Å²) in [4.78, 5) is 17.8. The lowest BCUT2D eigenvalue weighted by Gasteiger charge is -2.36. The summed E-state index contributed by atoms with van der Waals surface area (Å²) in [6.07, 6.45) is 1.96. The fourth-order valence-corrected chi connectivity index (χ4v) is 4.56. The molecule has 2 aromatic carbocycles. The molecule has 33 heavy (non-hydrogen) atoms. The molecule has 1 amide bonds. The predicted octanol–water partition coefficient (Wildman–Crippen LogP) is 5.15. The van der Waals surface area contributed by atoms with E-state index in [9.17, 15) is 4.79 Å². The van der Waals surface area contributed by atoms with E-state index in [2.05, 4.69) is 4.90 Å². The van der Waals surface area contributed by atoms with Crippen LogP contribution in [-0.2, 0) is 7.05 Å². The summed E-state index contributed by atoms with van der Waals surface area (Å²) in [5.74, 6) is -0.0475. The van der Waals surface area contributed by atoms with Gasteiger partial charge in [0.15, 0.2) is 0 Å². The fraction of sp³-hybridized carbons (Fsp3) is 0.200. The van der Waals surface area contributed by atoms with Crippen LogP contribution < -0.4 is 4.90 Å². The van der Waals surface area contributed by atoms with Gasteiger partial charge in [0.2, 0.25) is 0 Å². The summed E-state index contributed by atoms with van der Waals surface area (Å²) in [5, 5.41) is 6.08. The van der Waals surface area contributed by atoms with E-state index in [1.165, 1.54) is 0 Å². The zero-order chi connectivity index (χ0) is 22.9. The van der Waals surface area contributed by atoms with Crippen LogP contribution in [0.2, 0.25) is 10.0 Å². The molecule has 1 aliphatic rings. The number of rotatable bonds is 4. The molecule has 0 N–H and O–H groups in total. The zero-order valence-electron chi connectivity index (χ0n) is 18.2. The Morgan fingerprint density at radius 3 is 2.15 bits per heavy atom. The lowest BCUT2D eigenvalue weighted by atomic mass is 10.2. The number of hydrogen-bond acceptors (Lipinski definition) is 3. The van der Waals surface area contributed by atoms with Crippen LogP contribution in [0.25, 0.3) is 17.1 Å². The van der Waals surface area contributed by atoms with Gasteiger partial charge in [-0.25, -0.2) is 4.68 Å². The Hall–Kier alpha value is -3.22. The molecule has 0 aliphatic carbocycles. The van der Waals surface area contributed by atoms with Crippen molar-refractivity contribution in [1.29, 1.82) is 0 Å². The van der Waals surface area contributed by atoms with Crippen LogP contribution >= 0.6 is 23.2 Å². The molecule has 1 aliphatic heterocycles. The van der Waals surface area contributed by atoms with E-state index in [4.69, 9.17) is 28.3 Å². The SMILES string of the molecule is Cn1cccc1-c1cc(C(=O)N2CCN(c3cccc(Cl)c3)CC2)n(-c2cccc(Cl)c2)n1. The number of piperazine rings is 1. The molecule has 2 aromatic heterocycles. The molecule has 0 atom stereocenters. The molecular weight excluding hydrogens is 457 g/mol. The first-order valence-electron chi connectivity index (χ1n) is 10.8. The highest BCUT2D eigenvalue weighted by atomic mass is 35.5. The largest absolute Gasteiger partial charge is 0.368 e. The molecule has 1 saturated heterocycles. The Kier molecular flexibility index (Phi) is 5.87. The van der Waals surface area contributed by atoms with Gasteiger partial charge in [-0.1, -0.05) is 35.3 Å². The van der Waals surface area contributed by atoms with Crippen molar-refractivity contribution >= 4 is 34.8 Å². The van der Waals surface area contributed by atoms with Crippen molar-refractivity contribution < 1.29 is 4.79 Å². The molecule has 0 unspecified atom stereocenters. The van der Waals surface area contributed by atoms with Gasteiger partial charge in [-0.15, -0.1) is 0 Å². The van der Waals surface area contributed by atoms with Crippen LogP contribution in [0.15, 0.2) is 72.9 Å². The summed E-state index contributed by atoms with van der Waals surface area (Å²) < 4.78 is 3.68. The van der Waals surface area contributed by atoms with E-state index in [1.54, 1.807) is 4.68 Å². The average Bonchev–Trinajstić information content (AvgIpc) is 3.45. The van der Waals surface area contributed by atoms with Gasteiger partial charge < -0.3 is 14.4 Å². The van der Waals surface area contributed by atoms with Crippen LogP contribution in [0.3, 0.4) is 0 Å². The molecule has 6 nitrogen and oxygen atoms in total. The number of aromatic nitrogens is 3. The van der Waals surface area contributed by atoms with Gasteiger partial charge in [-0.3, -0.25) is 4.79 Å². The monoisotopic (exact) mass is 479 g/mol. The zero-order valence-corrected chi connectivity index (χ0v) is 19.7. The van der Waals surface area contributed by atoms with Gasteiger partial charge in [-0.2, -0.15) is 5.10 Å². The van der Waals surface area contributed by atoms with Crippen LogP contribution in [0.4, 0.5) is 5.69 Å². The summed E-state index contributed by atoms with van der Waals surface area (Å²) in [7, 11) is 1.96. The minimum Gasteiger partial charge on any atom is -0.368 e. The Morgan fingerprint density at radius 2 is 1.52 bits per heavy atom. The Morgan fingerprint density at radius 1 is 0.848 bits per heavy atom. The molecule has 5 rings (SSSR count). The standard InChI is InChI=1S/C25H23Cl2N5O/c1-29-10-4-9-23(29)22-17-24(32(28-22)21-8-3-6-19(27)16-21)25(33)31-13-11-30(12-14-31)20-7-2-5-18(26)15-20/h2-10,15-17H,11-14H2,1H3. The maximum Gasteiger partial charge on any atom is 0.272 e. The topological polar surface area (TPSA) is 46.3 Å². The van der Waals surface area contributed by atoms with E-state index < -0.39 is 0 Å². The number of hydrogen-bond donors (Lipinski definition) is 0. The number of carbonyl (C=O) groups excluding carboxylic acids is 1. The summed E-state index contributed by atoms with van der Waals surface area (Å²) >= 11 is 12.4. The van der Waals surface area contributed by atoms with Crippen LogP contribution in [-0.4, -0.2) is 51.3 Å². The van der Waals surface area contributed by atoms with Gasteiger partial charge in [0.25, 0.3) is 5.91 Å². The third-order valence-electron chi connectivity index (χ3n) is 5.93. The molecule has 168 valence electrons. The minimum atomic E-state index is -0.0475. The van der Waals surface area contributed by atoms with Gasteiger partial charge in [0, 0.05) is 55.2 Å². The van der Waals surface area contributed by atoms with Gasteiger partial charge >= 0.3 is 0 Å². The van der Waals surface area contributed by atoms with Crippen molar-refractivity contribution in [1.82, 2.24) is 19.2 Å². The lowest BCUT2D eigenvalue weighted by molar-refractivity contribution is 0.0737. The second-order valence-corrected chi connectivity index (χ2v) is 8.94. The van der Waals surface area contributed by atoms with Crippen LogP contribution in [0.1, 0.15) is 10.5 Å². The Labute approximate surface area is 202 Å². The number of carbonyl (C=O) groups is 1. The maximum absolute atomic E-state index is 13.6. The minimum absolute atomic E-state index is 0.0475. The van der Waals surface area contributed by atoms with Crippen molar-refractivity contribution in [3.8, 4) is 17.1 Å². The number of anilines is 1. The van der Waals surface area contributed by atoms with E-state index in [0.29, 0.717) is 28.8 Å². The first-order chi connectivity index (χ1) is 16.0. The third kappa shape index (κ3) is 4.36.